The highest BCUT2D eigenvalue weighted by molar-refractivity contribution is 5.85. The summed E-state index contributed by atoms with van der Waals surface area (Å²) >= 11 is 0. The molecule has 106 valence electrons. The highest BCUT2D eigenvalue weighted by Gasteiger charge is 2.24. The molecule has 1 saturated heterocycles. The van der Waals surface area contributed by atoms with Gasteiger partial charge in [-0.05, 0) is 30.4 Å². The maximum Gasteiger partial charge on any atom is 0.311 e. The van der Waals surface area contributed by atoms with E-state index in [1.807, 2.05) is 0 Å². The lowest BCUT2D eigenvalue weighted by atomic mass is 9.87. The van der Waals surface area contributed by atoms with E-state index in [1.165, 1.54) is 12.1 Å². The fourth-order valence-corrected chi connectivity index (χ4v) is 2.24. The first-order valence-electron chi connectivity index (χ1n) is 5.90. The lowest BCUT2D eigenvalue weighted by Crippen LogP contribution is -2.27. The number of nitro groups is 1. The summed E-state index contributed by atoms with van der Waals surface area (Å²) in [7, 11) is 0. The number of halogens is 1. The van der Waals surface area contributed by atoms with Crippen molar-refractivity contribution in [2.75, 3.05) is 13.2 Å². The van der Waals surface area contributed by atoms with Crippen LogP contribution in [-0.2, 0) is 4.74 Å². The third-order valence-corrected chi connectivity index (χ3v) is 3.35. The van der Waals surface area contributed by atoms with E-state index in [9.17, 15) is 15.2 Å². The Bertz CT molecular complexity index is 449. The Hall–Kier alpha value is -1.37. The van der Waals surface area contributed by atoms with Crippen LogP contribution >= 0.6 is 12.4 Å². The lowest BCUT2D eigenvalue weighted by molar-refractivity contribution is -0.385. The highest BCUT2D eigenvalue weighted by Crippen LogP contribution is 2.33. The number of phenols is 1. The third-order valence-electron chi connectivity index (χ3n) is 3.35. The number of rotatable bonds is 3. The van der Waals surface area contributed by atoms with Gasteiger partial charge in [-0.3, -0.25) is 10.1 Å². The minimum absolute atomic E-state index is 0. The average molecular weight is 289 g/mol. The molecule has 1 aliphatic heterocycles. The highest BCUT2D eigenvalue weighted by atomic mass is 35.5. The molecule has 0 spiro atoms. The first-order valence-corrected chi connectivity index (χ1v) is 5.90. The fraction of sp³-hybridized carbons (Fsp3) is 0.500. The molecular formula is C12H17ClN2O4. The Balaban J connectivity index is 0.00000180. The summed E-state index contributed by atoms with van der Waals surface area (Å²) in [6.07, 6.45) is 1.71. The predicted octanol–water partition coefficient (Wildman–Crippen LogP) is 2.15. The number of ether oxygens (including phenoxy) is 1. The molecule has 0 amide bonds. The van der Waals surface area contributed by atoms with Crippen molar-refractivity contribution < 1.29 is 14.8 Å². The molecule has 1 atom stereocenters. The van der Waals surface area contributed by atoms with Gasteiger partial charge in [0.05, 0.1) is 4.92 Å². The maximum absolute atomic E-state index is 10.8. The minimum Gasteiger partial charge on any atom is -0.502 e. The molecule has 2 rings (SSSR count). The molecule has 1 fully saturated rings. The molecule has 0 bridgehead atoms. The predicted molar refractivity (Wildman–Crippen MR) is 72.5 cm³/mol. The number of aromatic hydroxyl groups is 1. The van der Waals surface area contributed by atoms with E-state index >= 15 is 0 Å². The van der Waals surface area contributed by atoms with E-state index in [1.54, 1.807) is 6.07 Å². The van der Waals surface area contributed by atoms with Crippen molar-refractivity contribution in [2.24, 2.45) is 11.7 Å². The smallest absolute Gasteiger partial charge is 0.311 e. The van der Waals surface area contributed by atoms with Crippen molar-refractivity contribution in [1.82, 2.24) is 0 Å². The van der Waals surface area contributed by atoms with Crippen molar-refractivity contribution in [3.05, 3.63) is 33.9 Å². The summed E-state index contributed by atoms with van der Waals surface area (Å²) in [4.78, 5) is 10.2. The third kappa shape index (κ3) is 3.56. The van der Waals surface area contributed by atoms with Crippen LogP contribution in [0.5, 0.6) is 5.75 Å². The van der Waals surface area contributed by atoms with E-state index in [4.69, 9.17) is 10.5 Å². The van der Waals surface area contributed by atoms with Crippen molar-refractivity contribution in [2.45, 2.75) is 18.9 Å². The second kappa shape index (κ2) is 6.70. The average Bonchev–Trinajstić information content (AvgIpc) is 2.39. The van der Waals surface area contributed by atoms with E-state index < -0.39 is 4.92 Å². The van der Waals surface area contributed by atoms with Crippen LogP contribution in [0.2, 0.25) is 0 Å². The normalized spacial score (nSPS) is 17.5. The summed E-state index contributed by atoms with van der Waals surface area (Å²) in [5.41, 5.74) is 6.52. The van der Waals surface area contributed by atoms with Crippen molar-refractivity contribution >= 4 is 18.1 Å². The Labute approximate surface area is 117 Å². The number of benzene rings is 1. The van der Waals surface area contributed by atoms with Crippen molar-refractivity contribution in [1.29, 1.82) is 0 Å². The molecule has 19 heavy (non-hydrogen) atoms. The van der Waals surface area contributed by atoms with E-state index in [2.05, 4.69) is 0 Å². The SMILES string of the molecule is Cl.N[C@@H](c1ccc(O)c([N+](=O)[O-])c1)C1CCOCC1. The van der Waals surface area contributed by atoms with E-state index in [0.717, 1.165) is 12.8 Å². The first kappa shape index (κ1) is 15.7. The van der Waals surface area contributed by atoms with Gasteiger partial charge in [0.2, 0.25) is 0 Å². The Morgan fingerprint density at radius 3 is 2.63 bits per heavy atom. The largest absolute Gasteiger partial charge is 0.502 e. The number of nitrogens with two attached hydrogens (primary N) is 1. The second-order valence-corrected chi connectivity index (χ2v) is 4.48. The summed E-state index contributed by atoms with van der Waals surface area (Å²) in [6.45, 7) is 1.36. The zero-order chi connectivity index (χ0) is 13.1. The van der Waals surface area contributed by atoms with Gasteiger partial charge in [-0.25, -0.2) is 0 Å². The monoisotopic (exact) mass is 288 g/mol. The minimum atomic E-state index is -0.602. The quantitative estimate of drug-likeness (QED) is 0.656. The Kier molecular flexibility index (Phi) is 5.53. The molecule has 0 aromatic heterocycles. The van der Waals surface area contributed by atoms with Gasteiger partial charge in [0.1, 0.15) is 0 Å². The van der Waals surface area contributed by atoms with Gasteiger partial charge in [0.25, 0.3) is 0 Å². The number of phenolic OH excluding ortho intramolecular Hbond substituents is 1. The van der Waals surface area contributed by atoms with Gasteiger partial charge in [-0.1, -0.05) is 6.07 Å². The standard InChI is InChI=1S/C12H16N2O4.ClH/c13-12(8-3-5-18-6-4-8)9-1-2-11(15)10(7-9)14(16)17;/h1-2,7-8,12,15H,3-6,13H2;1H/t12-;/m1./s1. The van der Waals surface area contributed by atoms with Crippen molar-refractivity contribution in [3.8, 4) is 5.75 Å². The number of hydrogen-bond donors (Lipinski definition) is 2. The molecule has 1 aromatic rings. The van der Waals surface area contributed by atoms with Crippen molar-refractivity contribution in [3.63, 3.8) is 0 Å². The van der Waals surface area contributed by atoms with Crippen LogP contribution in [0.4, 0.5) is 5.69 Å². The topological polar surface area (TPSA) is 98.6 Å². The molecular weight excluding hydrogens is 272 g/mol. The van der Waals surface area contributed by atoms with Gasteiger partial charge >= 0.3 is 5.69 Å². The van der Waals surface area contributed by atoms with Gasteiger partial charge in [0, 0.05) is 25.3 Å². The molecule has 0 saturated carbocycles. The van der Waals surface area contributed by atoms with Gasteiger partial charge in [-0.15, -0.1) is 12.4 Å². The summed E-state index contributed by atoms with van der Waals surface area (Å²) in [5, 5.41) is 20.2. The Morgan fingerprint density at radius 1 is 1.42 bits per heavy atom. The maximum atomic E-state index is 10.8. The zero-order valence-corrected chi connectivity index (χ0v) is 11.1. The molecule has 0 aliphatic carbocycles. The van der Waals surface area contributed by atoms with E-state index in [0.29, 0.717) is 18.8 Å². The van der Waals surface area contributed by atoms with Gasteiger partial charge < -0.3 is 15.6 Å². The molecule has 0 radical (unpaired) electrons. The van der Waals surface area contributed by atoms with Crippen LogP contribution in [-0.4, -0.2) is 23.2 Å². The molecule has 7 heteroatoms. The summed E-state index contributed by atoms with van der Waals surface area (Å²) in [5.74, 6) is -0.0641. The summed E-state index contributed by atoms with van der Waals surface area (Å²) in [6, 6.07) is 4.07. The van der Waals surface area contributed by atoms with Gasteiger partial charge in [0.15, 0.2) is 5.75 Å². The number of hydrogen-bond acceptors (Lipinski definition) is 5. The van der Waals surface area contributed by atoms with E-state index in [-0.39, 0.29) is 35.8 Å². The fourth-order valence-electron chi connectivity index (χ4n) is 2.24. The van der Waals surface area contributed by atoms with Crippen LogP contribution in [0.15, 0.2) is 18.2 Å². The van der Waals surface area contributed by atoms with Crippen LogP contribution in [0.1, 0.15) is 24.4 Å². The number of nitro benzene ring substituents is 1. The second-order valence-electron chi connectivity index (χ2n) is 4.48. The van der Waals surface area contributed by atoms with Crippen LogP contribution in [0, 0.1) is 16.0 Å². The molecule has 1 aliphatic rings. The van der Waals surface area contributed by atoms with Crippen LogP contribution in [0.25, 0.3) is 0 Å². The molecule has 6 nitrogen and oxygen atoms in total. The first-order chi connectivity index (χ1) is 8.59. The molecule has 0 unspecified atom stereocenters. The Morgan fingerprint density at radius 2 is 2.05 bits per heavy atom. The molecule has 1 heterocycles. The molecule has 1 aromatic carbocycles. The molecule has 3 N–H and O–H groups in total. The summed E-state index contributed by atoms with van der Waals surface area (Å²) < 4.78 is 5.26. The zero-order valence-electron chi connectivity index (χ0n) is 10.3. The van der Waals surface area contributed by atoms with Crippen LogP contribution in [0.3, 0.4) is 0 Å². The van der Waals surface area contributed by atoms with Gasteiger partial charge in [-0.2, -0.15) is 0 Å². The van der Waals surface area contributed by atoms with Crippen LogP contribution < -0.4 is 5.73 Å². The lowest BCUT2D eigenvalue weighted by Gasteiger charge is -2.27. The number of nitrogens with zero attached hydrogens (tertiary/aromatic N) is 1.